The highest BCUT2D eigenvalue weighted by atomic mass is 15.2. The molecule has 0 bridgehead atoms. The van der Waals surface area contributed by atoms with E-state index in [4.69, 9.17) is 5.73 Å². The Morgan fingerprint density at radius 3 is 2.57 bits per heavy atom. The van der Waals surface area contributed by atoms with E-state index in [9.17, 15) is 0 Å². The van der Waals surface area contributed by atoms with Gasteiger partial charge in [-0.05, 0) is 39.4 Å². The van der Waals surface area contributed by atoms with Crippen LogP contribution in [0.3, 0.4) is 0 Å². The molecule has 0 unspecified atom stereocenters. The molecule has 0 aromatic heterocycles. The van der Waals surface area contributed by atoms with Gasteiger partial charge in [-0.2, -0.15) is 0 Å². The zero-order chi connectivity index (χ0) is 9.97. The van der Waals surface area contributed by atoms with Gasteiger partial charge in [0.25, 0.3) is 0 Å². The number of likely N-dealkylation sites (N-methyl/N-ethyl adjacent to an activating group) is 1. The first kappa shape index (κ1) is 10.4. The van der Waals surface area contributed by atoms with Crippen molar-refractivity contribution in [2.45, 2.75) is 37.8 Å². The monoisotopic (exact) mass is 197 g/mol. The van der Waals surface area contributed by atoms with Crippen LogP contribution in [0.25, 0.3) is 0 Å². The average molecular weight is 197 g/mol. The quantitative estimate of drug-likeness (QED) is 0.664. The summed E-state index contributed by atoms with van der Waals surface area (Å²) in [5.41, 5.74) is 6.14. The molecular weight excluding hydrogens is 174 g/mol. The first-order valence-electron chi connectivity index (χ1n) is 5.95. The molecule has 1 saturated heterocycles. The van der Waals surface area contributed by atoms with Gasteiger partial charge in [0.1, 0.15) is 0 Å². The minimum absolute atomic E-state index is 0.443. The van der Waals surface area contributed by atoms with E-state index in [0.717, 1.165) is 0 Å². The van der Waals surface area contributed by atoms with Crippen molar-refractivity contribution in [2.24, 2.45) is 5.73 Å². The maximum absolute atomic E-state index is 6.14. The lowest BCUT2D eigenvalue weighted by atomic mass is 10.1. The highest BCUT2D eigenvalue weighted by Gasteiger charge is 2.29. The summed E-state index contributed by atoms with van der Waals surface area (Å²) in [5, 5.41) is 0. The molecule has 0 radical (unpaired) electrons. The number of rotatable bonds is 1. The second-order valence-corrected chi connectivity index (χ2v) is 4.85. The molecule has 0 aromatic carbocycles. The summed E-state index contributed by atoms with van der Waals surface area (Å²) >= 11 is 0. The van der Waals surface area contributed by atoms with Crippen LogP contribution >= 0.6 is 0 Å². The van der Waals surface area contributed by atoms with E-state index >= 15 is 0 Å². The van der Waals surface area contributed by atoms with Gasteiger partial charge in [0.2, 0.25) is 0 Å². The molecule has 2 aliphatic rings. The van der Waals surface area contributed by atoms with Gasteiger partial charge in [0, 0.05) is 25.2 Å². The highest BCUT2D eigenvalue weighted by Crippen LogP contribution is 2.23. The molecule has 0 amide bonds. The fraction of sp³-hybridized carbons (Fsp3) is 1.00. The molecule has 2 N–H and O–H groups in total. The largest absolute Gasteiger partial charge is 0.326 e. The first-order chi connectivity index (χ1) is 6.77. The minimum atomic E-state index is 0.443. The normalized spacial score (nSPS) is 37.3. The van der Waals surface area contributed by atoms with Crippen molar-refractivity contribution in [3.05, 3.63) is 0 Å². The van der Waals surface area contributed by atoms with Crippen LogP contribution in [0, 0.1) is 0 Å². The zero-order valence-corrected chi connectivity index (χ0v) is 9.28. The summed E-state index contributed by atoms with van der Waals surface area (Å²) in [7, 11) is 2.22. The second kappa shape index (κ2) is 4.60. The van der Waals surface area contributed by atoms with E-state index in [1.807, 2.05) is 0 Å². The number of nitrogens with two attached hydrogens (primary N) is 1. The van der Waals surface area contributed by atoms with Gasteiger partial charge in [0.15, 0.2) is 0 Å². The predicted molar refractivity (Wildman–Crippen MR) is 59.3 cm³/mol. The fourth-order valence-corrected chi connectivity index (χ4v) is 2.82. The minimum Gasteiger partial charge on any atom is -0.326 e. The average Bonchev–Trinajstić information content (AvgIpc) is 2.46. The lowest BCUT2D eigenvalue weighted by Crippen LogP contribution is -2.45. The van der Waals surface area contributed by atoms with Gasteiger partial charge in [-0.1, -0.05) is 6.42 Å². The van der Waals surface area contributed by atoms with Crippen LogP contribution in [-0.4, -0.2) is 55.1 Å². The van der Waals surface area contributed by atoms with Crippen LogP contribution in [0.5, 0.6) is 0 Å². The van der Waals surface area contributed by atoms with Gasteiger partial charge >= 0.3 is 0 Å². The van der Waals surface area contributed by atoms with Crippen LogP contribution in [0.15, 0.2) is 0 Å². The first-order valence-corrected chi connectivity index (χ1v) is 5.95. The fourth-order valence-electron chi connectivity index (χ4n) is 2.82. The van der Waals surface area contributed by atoms with Crippen LogP contribution in [0.1, 0.15) is 25.7 Å². The van der Waals surface area contributed by atoms with E-state index in [2.05, 4.69) is 16.8 Å². The zero-order valence-electron chi connectivity index (χ0n) is 9.28. The summed E-state index contributed by atoms with van der Waals surface area (Å²) in [6.07, 6.45) is 5.19. The molecule has 2 rings (SSSR count). The Balaban J connectivity index is 1.90. The maximum atomic E-state index is 6.14. The van der Waals surface area contributed by atoms with Crippen LogP contribution in [0.2, 0.25) is 0 Å². The highest BCUT2D eigenvalue weighted by molar-refractivity contribution is 4.89. The summed E-state index contributed by atoms with van der Waals surface area (Å²) in [5.74, 6) is 0. The molecule has 2 fully saturated rings. The second-order valence-electron chi connectivity index (χ2n) is 4.85. The van der Waals surface area contributed by atoms with Crippen molar-refractivity contribution in [1.82, 2.24) is 9.80 Å². The van der Waals surface area contributed by atoms with E-state index < -0.39 is 0 Å². The van der Waals surface area contributed by atoms with Crippen LogP contribution in [0.4, 0.5) is 0 Å². The number of nitrogens with zero attached hydrogens (tertiary/aromatic N) is 2. The SMILES string of the molecule is CN1CCCN([C@H]2CCC[C@H]2N)CC1. The molecule has 3 nitrogen and oxygen atoms in total. The maximum Gasteiger partial charge on any atom is 0.0247 e. The molecule has 14 heavy (non-hydrogen) atoms. The Bertz CT molecular complexity index is 183. The van der Waals surface area contributed by atoms with E-state index in [0.29, 0.717) is 12.1 Å². The molecule has 82 valence electrons. The molecule has 0 spiro atoms. The van der Waals surface area contributed by atoms with Crippen LogP contribution < -0.4 is 5.73 Å². The summed E-state index contributed by atoms with van der Waals surface area (Å²) < 4.78 is 0. The number of hydrogen-bond acceptors (Lipinski definition) is 3. The van der Waals surface area contributed by atoms with Crippen LogP contribution in [-0.2, 0) is 0 Å². The summed E-state index contributed by atoms with van der Waals surface area (Å²) in [4.78, 5) is 5.06. The van der Waals surface area contributed by atoms with Crippen molar-refractivity contribution >= 4 is 0 Å². The van der Waals surface area contributed by atoms with Crippen molar-refractivity contribution in [3.8, 4) is 0 Å². The topological polar surface area (TPSA) is 32.5 Å². The van der Waals surface area contributed by atoms with Gasteiger partial charge in [-0.3, -0.25) is 4.90 Å². The third-order valence-electron chi connectivity index (χ3n) is 3.75. The summed E-state index contributed by atoms with van der Waals surface area (Å²) in [6, 6.07) is 1.12. The van der Waals surface area contributed by atoms with Gasteiger partial charge in [-0.15, -0.1) is 0 Å². The molecule has 2 atom stereocenters. The molecular formula is C11H23N3. The third-order valence-corrected chi connectivity index (χ3v) is 3.75. The lowest BCUT2D eigenvalue weighted by Gasteiger charge is -2.30. The Morgan fingerprint density at radius 1 is 1.00 bits per heavy atom. The van der Waals surface area contributed by atoms with Gasteiger partial charge in [0.05, 0.1) is 0 Å². The molecule has 0 aromatic rings. The van der Waals surface area contributed by atoms with Gasteiger partial charge < -0.3 is 10.6 Å². The van der Waals surface area contributed by atoms with Crippen molar-refractivity contribution in [1.29, 1.82) is 0 Å². The molecule has 1 aliphatic heterocycles. The molecule has 1 saturated carbocycles. The van der Waals surface area contributed by atoms with E-state index in [1.165, 1.54) is 51.9 Å². The van der Waals surface area contributed by atoms with Crippen molar-refractivity contribution in [2.75, 3.05) is 33.2 Å². The smallest absolute Gasteiger partial charge is 0.0247 e. The van der Waals surface area contributed by atoms with E-state index in [-0.39, 0.29) is 0 Å². The standard InChI is InChI=1S/C11H23N3/c1-13-6-3-7-14(9-8-13)11-5-2-4-10(11)12/h10-11H,2-9,12H2,1H3/t10-,11+/m1/s1. The molecule has 3 heteroatoms. The Labute approximate surface area is 87.2 Å². The van der Waals surface area contributed by atoms with E-state index in [1.54, 1.807) is 0 Å². The van der Waals surface area contributed by atoms with Crippen molar-refractivity contribution in [3.63, 3.8) is 0 Å². The predicted octanol–water partition coefficient (Wildman–Crippen LogP) is 0.504. The lowest BCUT2D eigenvalue weighted by molar-refractivity contribution is 0.191. The number of hydrogen-bond donors (Lipinski definition) is 1. The van der Waals surface area contributed by atoms with Crippen molar-refractivity contribution < 1.29 is 0 Å². The molecule has 1 heterocycles. The Hall–Kier alpha value is -0.120. The Morgan fingerprint density at radius 2 is 1.86 bits per heavy atom. The Kier molecular flexibility index (Phi) is 3.42. The molecule has 1 aliphatic carbocycles. The third kappa shape index (κ3) is 2.27. The van der Waals surface area contributed by atoms with Gasteiger partial charge in [-0.25, -0.2) is 0 Å². The summed E-state index contributed by atoms with van der Waals surface area (Å²) in [6.45, 7) is 4.93.